The van der Waals surface area contributed by atoms with Crippen LogP contribution < -0.4 is 0 Å². The molecule has 0 radical (unpaired) electrons. The second kappa shape index (κ2) is 6.19. The number of alkyl halides is 6. The molecule has 0 spiro atoms. The van der Waals surface area contributed by atoms with Crippen LogP contribution in [0.4, 0.5) is 32.0 Å². The van der Waals surface area contributed by atoms with Gasteiger partial charge in [0.25, 0.3) is 0 Å². The summed E-state index contributed by atoms with van der Waals surface area (Å²) in [6.07, 6.45) is -6.34. The van der Waals surface area contributed by atoms with Gasteiger partial charge in [0, 0.05) is 12.4 Å². The first kappa shape index (κ1) is 17.3. The van der Waals surface area contributed by atoms with E-state index in [0.717, 1.165) is 6.21 Å². The van der Waals surface area contributed by atoms with Crippen molar-refractivity contribution in [3.8, 4) is 0 Å². The number of hydrogen-bond donors (Lipinski definition) is 0. The van der Waals surface area contributed by atoms with Gasteiger partial charge in [-0.1, -0.05) is 11.6 Å². The van der Waals surface area contributed by atoms with E-state index in [1.165, 1.54) is 18.5 Å². The summed E-state index contributed by atoms with van der Waals surface area (Å²) in [6.45, 7) is 0. The quantitative estimate of drug-likeness (QED) is 0.516. The number of rotatable bonds is 2. The highest BCUT2D eigenvalue weighted by atomic mass is 35.5. The van der Waals surface area contributed by atoms with Gasteiger partial charge >= 0.3 is 12.4 Å². The Morgan fingerprint density at radius 3 is 2.00 bits per heavy atom. The van der Waals surface area contributed by atoms with E-state index in [-0.39, 0.29) is 22.3 Å². The minimum atomic E-state index is -4.91. The molecule has 0 N–H and O–H groups in total. The molecule has 0 atom stereocenters. The van der Waals surface area contributed by atoms with Crippen LogP contribution in [-0.2, 0) is 12.4 Å². The lowest BCUT2D eigenvalue weighted by Crippen LogP contribution is -2.11. The van der Waals surface area contributed by atoms with Crippen molar-refractivity contribution < 1.29 is 26.3 Å². The number of pyridine rings is 1. The zero-order chi connectivity index (χ0) is 17.3. The molecule has 2 aromatic rings. The monoisotopic (exact) mass is 352 g/mol. The molecule has 1 heterocycles. The Labute approximate surface area is 131 Å². The number of benzene rings is 1. The molecule has 0 saturated carbocycles. The van der Waals surface area contributed by atoms with Crippen molar-refractivity contribution in [1.82, 2.24) is 4.98 Å². The van der Waals surface area contributed by atoms with E-state index in [1.54, 1.807) is 0 Å². The number of hydrogen-bond acceptors (Lipinski definition) is 2. The van der Waals surface area contributed by atoms with Crippen molar-refractivity contribution >= 4 is 23.5 Å². The highest BCUT2D eigenvalue weighted by Crippen LogP contribution is 2.36. The zero-order valence-corrected chi connectivity index (χ0v) is 11.8. The van der Waals surface area contributed by atoms with Gasteiger partial charge in [0.15, 0.2) is 0 Å². The van der Waals surface area contributed by atoms with Gasteiger partial charge in [0.1, 0.15) is 0 Å². The molecule has 0 amide bonds. The molecular formula is C14H7ClF6N2. The van der Waals surface area contributed by atoms with Crippen LogP contribution in [0.1, 0.15) is 16.7 Å². The van der Waals surface area contributed by atoms with Gasteiger partial charge < -0.3 is 0 Å². The standard InChI is InChI=1S/C14H7ClF6N2/c15-11-1-2-22-7-12(11)23-6-8-3-9(13(16,17)18)5-10(4-8)14(19,20)21/h1-7H. The fourth-order valence-corrected chi connectivity index (χ4v) is 1.82. The summed E-state index contributed by atoms with van der Waals surface area (Å²) < 4.78 is 76.3. The van der Waals surface area contributed by atoms with Crippen LogP contribution in [0.3, 0.4) is 0 Å². The highest BCUT2D eigenvalue weighted by molar-refractivity contribution is 6.33. The molecule has 23 heavy (non-hydrogen) atoms. The summed E-state index contributed by atoms with van der Waals surface area (Å²) in [6, 6.07) is 2.59. The smallest absolute Gasteiger partial charge is 0.262 e. The third-order valence-electron chi connectivity index (χ3n) is 2.71. The summed E-state index contributed by atoms with van der Waals surface area (Å²) >= 11 is 5.78. The Bertz CT molecular complexity index is 705. The first-order valence-corrected chi connectivity index (χ1v) is 6.38. The van der Waals surface area contributed by atoms with Gasteiger partial charge in [-0.2, -0.15) is 26.3 Å². The first-order valence-electron chi connectivity index (χ1n) is 6.00. The molecule has 9 heteroatoms. The summed E-state index contributed by atoms with van der Waals surface area (Å²) in [7, 11) is 0. The van der Waals surface area contributed by atoms with E-state index < -0.39 is 23.5 Å². The van der Waals surface area contributed by atoms with Crippen molar-refractivity contribution in [2.24, 2.45) is 4.99 Å². The van der Waals surface area contributed by atoms with E-state index in [1.807, 2.05) is 0 Å². The average molecular weight is 353 g/mol. The van der Waals surface area contributed by atoms with E-state index >= 15 is 0 Å². The Hall–Kier alpha value is -2.09. The molecular weight excluding hydrogens is 346 g/mol. The molecule has 0 saturated heterocycles. The maximum Gasteiger partial charge on any atom is 0.416 e. The third-order valence-corrected chi connectivity index (χ3v) is 3.03. The molecule has 122 valence electrons. The second-order valence-electron chi connectivity index (χ2n) is 4.42. The van der Waals surface area contributed by atoms with Gasteiger partial charge in [-0.15, -0.1) is 0 Å². The Morgan fingerprint density at radius 2 is 1.52 bits per heavy atom. The SMILES string of the molecule is FC(F)(F)c1cc(C=Nc2cnccc2Cl)cc(C(F)(F)F)c1. The van der Waals surface area contributed by atoms with E-state index in [0.29, 0.717) is 12.1 Å². The van der Waals surface area contributed by atoms with Gasteiger partial charge in [-0.05, 0) is 29.8 Å². The molecule has 0 fully saturated rings. The predicted octanol–water partition coefficient (Wildman–Crippen LogP) is 5.52. The lowest BCUT2D eigenvalue weighted by Gasteiger charge is -2.12. The van der Waals surface area contributed by atoms with Gasteiger partial charge in [0.2, 0.25) is 0 Å². The summed E-state index contributed by atoms with van der Waals surface area (Å²) in [5.41, 5.74) is -3.05. The zero-order valence-electron chi connectivity index (χ0n) is 11.1. The molecule has 1 aromatic carbocycles. The fourth-order valence-electron chi connectivity index (χ4n) is 1.66. The summed E-state index contributed by atoms with van der Waals surface area (Å²) in [5.74, 6) is 0. The van der Waals surface area contributed by atoms with Gasteiger partial charge in [-0.3, -0.25) is 9.98 Å². The maximum absolute atomic E-state index is 12.7. The van der Waals surface area contributed by atoms with Crippen LogP contribution in [-0.4, -0.2) is 11.2 Å². The van der Waals surface area contributed by atoms with E-state index in [2.05, 4.69) is 9.98 Å². The summed E-state index contributed by atoms with van der Waals surface area (Å²) in [4.78, 5) is 7.48. The minimum Gasteiger partial charge on any atom is -0.262 e. The molecule has 0 unspecified atom stereocenters. The molecule has 0 aliphatic heterocycles. The van der Waals surface area contributed by atoms with Crippen LogP contribution in [0.2, 0.25) is 5.02 Å². The highest BCUT2D eigenvalue weighted by Gasteiger charge is 2.36. The predicted molar refractivity (Wildman–Crippen MR) is 72.9 cm³/mol. The first-order chi connectivity index (χ1) is 10.6. The molecule has 0 aliphatic carbocycles. The van der Waals surface area contributed by atoms with Crippen molar-refractivity contribution in [1.29, 1.82) is 0 Å². The molecule has 0 aliphatic rings. The second-order valence-corrected chi connectivity index (χ2v) is 4.83. The Kier molecular flexibility index (Phi) is 4.65. The fraction of sp³-hybridized carbons (Fsp3) is 0.143. The van der Waals surface area contributed by atoms with Crippen LogP contribution in [0.5, 0.6) is 0 Å². The van der Waals surface area contributed by atoms with Crippen LogP contribution >= 0.6 is 11.6 Å². The molecule has 2 nitrogen and oxygen atoms in total. The van der Waals surface area contributed by atoms with E-state index in [4.69, 9.17) is 11.6 Å². The van der Waals surface area contributed by atoms with Crippen molar-refractivity contribution in [2.45, 2.75) is 12.4 Å². The molecule has 0 bridgehead atoms. The van der Waals surface area contributed by atoms with E-state index in [9.17, 15) is 26.3 Å². The maximum atomic E-state index is 12.7. The van der Waals surface area contributed by atoms with Crippen LogP contribution in [0.15, 0.2) is 41.7 Å². The molecule has 2 rings (SSSR count). The number of halogens is 7. The summed E-state index contributed by atoms with van der Waals surface area (Å²) in [5, 5.41) is 0.166. The topological polar surface area (TPSA) is 25.2 Å². The van der Waals surface area contributed by atoms with Crippen molar-refractivity contribution in [3.05, 3.63) is 58.4 Å². The number of aliphatic imine (C=N–C) groups is 1. The van der Waals surface area contributed by atoms with Crippen molar-refractivity contribution in [2.75, 3.05) is 0 Å². The Balaban J connectivity index is 2.48. The third kappa shape index (κ3) is 4.44. The minimum absolute atomic E-state index is 0.0500. The Morgan fingerprint density at radius 1 is 0.957 bits per heavy atom. The lowest BCUT2D eigenvalue weighted by atomic mass is 10.1. The number of aromatic nitrogens is 1. The number of nitrogens with zero attached hydrogens (tertiary/aromatic N) is 2. The van der Waals surface area contributed by atoms with Crippen LogP contribution in [0, 0.1) is 0 Å². The molecule has 1 aromatic heterocycles. The normalized spacial score (nSPS) is 12.8. The van der Waals surface area contributed by atoms with Gasteiger partial charge in [0.05, 0.1) is 28.0 Å². The average Bonchev–Trinajstić information content (AvgIpc) is 2.44. The lowest BCUT2D eigenvalue weighted by molar-refractivity contribution is -0.143. The van der Waals surface area contributed by atoms with Crippen LogP contribution in [0.25, 0.3) is 0 Å². The van der Waals surface area contributed by atoms with Gasteiger partial charge in [-0.25, -0.2) is 0 Å². The largest absolute Gasteiger partial charge is 0.416 e. The van der Waals surface area contributed by atoms with Crippen molar-refractivity contribution in [3.63, 3.8) is 0 Å².